The molecule has 5 heteroatoms. The second-order valence-electron chi connectivity index (χ2n) is 6.70. The van der Waals surface area contributed by atoms with Gasteiger partial charge in [0.15, 0.2) is 5.78 Å². The minimum Gasteiger partial charge on any atom is -0.381 e. The molecule has 1 aromatic carbocycles. The molecule has 0 spiro atoms. The van der Waals surface area contributed by atoms with Crippen molar-refractivity contribution in [3.8, 4) is 5.69 Å². The van der Waals surface area contributed by atoms with Crippen LogP contribution in [-0.2, 0) is 11.2 Å². The van der Waals surface area contributed by atoms with E-state index in [0.29, 0.717) is 12.3 Å². The maximum absolute atomic E-state index is 12.1. The van der Waals surface area contributed by atoms with Crippen molar-refractivity contribution in [2.75, 3.05) is 13.2 Å². The summed E-state index contributed by atoms with van der Waals surface area (Å²) in [5.41, 5.74) is 4.11. The van der Waals surface area contributed by atoms with Crippen LogP contribution in [0.1, 0.15) is 47.1 Å². The number of Topliss-reactive ketones (excluding diaryl/α,β-unsaturated/α-hetero) is 1. The van der Waals surface area contributed by atoms with E-state index < -0.39 is 0 Å². The molecular weight excluding hydrogens is 302 g/mol. The van der Waals surface area contributed by atoms with Crippen LogP contribution in [0.2, 0.25) is 0 Å². The van der Waals surface area contributed by atoms with Crippen molar-refractivity contribution in [2.45, 2.75) is 31.6 Å². The van der Waals surface area contributed by atoms with E-state index in [0.717, 1.165) is 55.2 Å². The van der Waals surface area contributed by atoms with Crippen LogP contribution in [0.3, 0.4) is 0 Å². The molecule has 1 aliphatic heterocycles. The standard InChI is InChI=1S/C19H19N3O2/c23-17-3-1-2-15-14-5-4-13(10-16(14)21-18(15)17)22-8-7-20-19(22)12-6-9-24-11-12/h4-5,7-8,10,12,21H,1-3,6,9,11H2/t12-/m0/s1. The monoisotopic (exact) mass is 321 g/mol. The first kappa shape index (κ1) is 14.0. The molecule has 1 fully saturated rings. The highest BCUT2D eigenvalue weighted by Gasteiger charge is 2.24. The number of aromatic nitrogens is 3. The van der Waals surface area contributed by atoms with Crippen molar-refractivity contribution >= 4 is 16.7 Å². The quantitative estimate of drug-likeness (QED) is 0.787. The second-order valence-corrected chi connectivity index (χ2v) is 6.70. The molecule has 1 atom stereocenters. The van der Waals surface area contributed by atoms with Gasteiger partial charge in [-0.1, -0.05) is 6.07 Å². The van der Waals surface area contributed by atoms with Crippen molar-refractivity contribution in [1.29, 1.82) is 0 Å². The number of hydrogen-bond donors (Lipinski definition) is 1. The third kappa shape index (κ3) is 2.04. The molecule has 1 aliphatic carbocycles. The molecule has 3 heterocycles. The number of imidazole rings is 1. The van der Waals surface area contributed by atoms with E-state index >= 15 is 0 Å². The molecule has 5 rings (SSSR count). The zero-order valence-corrected chi connectivity index (χ0v) is 13.4. The Morgan fingerprint density at radius 1 is 1.29 bits per heavy atom. The maximum atomic E-state index is 12.1. The Bertz CT molecular complexity index is 931. The van der Waals surface area contributed by atoms with Gasteiger partial charge < -0.3 is 14.3 Å². The van der Waals surface area contributed by atoms with Crippen LogP contribution < -0.4 is 0 Å². The minimum absolute atomic E-state index is 0.237. The number of fused-ring (bicyclic) bond motifs is 3. The van der Waals surface area contributed by atoms with Crippen molar-refractivity contribution in [3.63, 3.8) is 0 Å². The summed E-state index contributed by atoms with van der Waals surface area (Å²) in [6.45, 7) is 1.55. The van der Waals surface area contributed by atoms with E-state index in [1.54, 1.807) is 0 Å². The molecule has 1 N–H and O–H groups in total. The molecule has 0 amide bonds. The van der Waals surface area contributed by atoms with Gasteiger partial charge in [-0.3, -0.25) is 4.79 Å². The average Bonchev–Trinajstić information content (AvgIpc) is 3.33. The Morgan fingerprint density at radius 2 is 2.25 bits per heavy atom. The number of nitrogens with zero attached hydrogens (tertiary/aromatic N) is 2. The largest absolute Gasteiger partial charge is 0.381 e. The zero-order valence-electron chi connectivity index (χ0n) is 13.4. The highest BCUT2D eigenvalue weighted by molar-refractivity contribution is 6.03. The van der Waals surface area contributed by atoms with E-state index in [1.807, 2.05) is 12.4 Å². The third-order valence-electron chi connectivity index (χ3n) is 5.24. The molecule has 0 saturated carbocycles. The Hall–Kier alpha value is -2.40. The molecule has 24 heavy (non-hydrogen) atoms. The number of aromatic amines is 1. The van der Waals surface area contributed by atoms with Crippen molar-refractivity contribution in [2.24, 2.45) is 0 Å². The molecule has 5 nitrogen and oxygen atoms in total. The fourth-order valence-electron chi connectivity index (χ4n) is 4.02. The lowest BCUT2D eigenvalue weighted by Gasteiger charge is -2.12. The van der Waals surface area contributed by atoms with E-state index in [1.165, 1.54) is 10.9 Å². The summed E-state index contributed by atoms with van der Waals surface area (Å²) >= 11 is 0. The van der Waals surface area contributed by atoms with Crippen LogP contribution in [-0.4, -0.2) is 33.5 Å². The van der Waals surface area contributed by atoms with E-state index in [9.17, 15) is 4.79 Å². The van der Waals surface area contributed by atoms with Gasteiger partial charge in [0.1, 0.15) is 5.82 Å². The number of carbonyl (C=O) groups excluding carboxylic acids is 1. The number of H-pyrrole nitrogens is 1. The lowest BCUT2D eigenvalue weighted by Crippen LogP contribution is -2.09. The van der Waals surface area contributed by atoms with Crippen LogP contribution >= 0.6 is 0 Å². The summed E-state index contributed by atoms with van der Waals surface area (Å²) in [5.74, 6) is 1.65. The fourth-order valence-corrected chi connectivity index (χ4v) is 4.02. The Kier molecular flexibility index (Phi) is 3.10. The average molecular weight is 321 g/mol. The van der Waals surface area contributed by atoms with Gasteiger partial charge in [0.2, 0.25) is 0 Å². The summed E-state index contributed by atoms with van der Waals surface area (Å²) in [6, 6.07) is 6.38. The normalized spacial score (nSPS) is 20.7. The predicted octanol–water partition coefficient (Wildman–Crippen LogP) is 3.38. The second kappa shape index (κ2) is 5.31. The number of carbonyl (C=O) groups is 1. The SMILES string of the molecule is O=C1CCCc2c1[nH]c1cc(-n3ccnc3[C@H]3CCOC3)ccc21. The molecule has 3 aromatic rings. The summed E-state index contributed by atoms with van der Waals surface area (Å²) in [7, 11) is 0. The molecule has 0 unspecified atom stereocenters. The predicted molar refractivity (Wildman–Crippen MR) is 90.9 cm³/mol. The number of benzene rings is 1. The van der Waals surface area contributed by atoms with Crippen molar-refractivity contribution in [3.05, 3.63) is 47.7 Å². The van der Waals surface area contributed by atoms with Crippen molar-refractivity contribution in [1.82, 2.24) is 14.5 Å². The summed E-state index contributed by atoms with van der Waals surface area (Å²) in [4.78, 5) is 20.0. The topological polar surface area (TPSA) is 59.9 Å². The third-order valence-corrected chi connectivity index (χ3v) is 5.24. The highest BCUT2D eigenvalue weighted by atomic mass is 16.5. The van der Waals surface area contributed by atoms with Crippen molar-refractivity contribution < 1.29 is 9.53 Å². The molecule has 2 aromatic heterocycles. The summed E-state index contributed by atoms with van der Waals surface area (Å²) in [5, 5.41) is 1.17. The van der Waals surface area contributed by atoms with Crippen LogP contribution in [0.4, 0.5) is 0 Å². The number of ether oxygens (including phenoxy) is 1. The van der Waals surface area contributed by atoms with Gasteiger partial charge in [0, 0.05) is 47.9 Å². The van der Waals surface area contributed by atoms with Gasteiger partial charge in [0.05, 0.1) is 12.3 Å². The maximum Gasteiger partial charge on any atom is 0.179 e. The number of nitrogens with one attached hydrogen (secondary N) is 1. The molecule has 2 aliphatic rings. The Morgan fingerprint density at radius 3 is 3.12 bits per heavy atom. The minimum atomic E-state index is 0.237. The van der Waals surface area contributed by atoms with E-state index in [4.69, 9.17) is 4.74 Å². The summed E-state index contributed by atoms with van der Waals surface area (Å²) < 4.78 is 7.65. The van der Waals surface area contributed by atoms with Crippen LogP contribution in [0.5, 0.6) is 0 Å². The number of rotatable bonds is 2. The highest BCUT2D eigenvalue weighted by Crippen LogP contribution is 2.31. The number of ketones is 1. The van der Waals surface area contributed by atoms with E-state index in [2.05, 4.69) is 32.7 Å². The number of aryl methyl sites for hydroxylation is 1. The molecule has 1 saturated heterocycles. The molecule has 122 valence electrons. The Labute approximate surface area is 139 Å². The zero-order chi connectivity index (χ0) is 16.1. The van der Waals surface area contributed by atoms with E-state index in [-0.39, 0.29) is 5.78 Å². The van der Waals surface area contributed by atoms with Gasteiger partial charge >= 0.3 is 0 Å². The molecular formula is C19H19N3O2. The van der Waals surface area contributed by atoms with Gasteiger partial charge in [-0.25, -0.2) is 4.98 Å². The van der Waals surface area contributed by atoms with Crippen LogP contribution in [0.15, 0.2) is 30.6 Å². The van der Waals surface area contributed by atoms with Gasteiger partial charge in [0.25, 0.3) is 0 Å². The number of hydrogen-bond acceptors (Lipinski definition) is 3. The van der Waals surface area contributed by atoms with Crippen LogP contribution in [0, 0.1) is 0 Å². The fraction of sp³-hybridized carbons (Fsp3) is 0.368. The molecule has 0 radical (unpaired) electrons. The first-order chi connectivity index (χ1) is 11.8. The smallest absolute Gasteiger partial charge is 0.179 e. The van der Waals surface area contributed by atoms with Gasteiger partial charge in [-0.05, 0) is 37.0 Å². The Balaban J connectivity index is 1.61. The first-order valence-electron chi connectivity index (χ1n) is 8.60. The lowest BCUT2D eigenvalue weighted by atomic mass is 9.95. The lowest BCUT2D eigenvalue weighted by molar-refractivity contribution is 0.0968. The van der Waals surface area contributed by atoms with Gasteiger partial charge in [-0.2, -0.15) is 0 Å². The first-order valence-corrected chi connectivity index (χ1v) is 8.60. The molecule has 0 bridgehead atoms. The van der Waals surface area contributed by atoms with Gasteiger partial charge in [-0.15, -0.1) is 0 Å². The summed E-state index contributed by atoms with van der Waals surface area (Å²) in [6.07, 6.45) is 7.46. The van der Waals surface area contributed by atoms with Crippen LogP contribution in [0.25, 0.3) is 16.6 Å².